The van der Waals surface area contributed by atoms with E-state index in [1.807, 2.05) is 6.92 Å². The molecule has 4 amide bonds. The molecule has 6 nitrogen and oxygen atoms in total. The third kappa shape index (κ3) is 1.43. The summed E-state index contributed by atoms with van der Waals surface area (Å²) in [7, 11) is 0. The van der Waals surface area contributed by atoms with Crippen LogP contribution in [0, 0.1) is 23.2 Å². The fourth-order valence-corrected chi connectivity index (χ4v) is 5.11. The summed E-state index contributed by atoms with van der Waals surface area (Å²) in [4.78, 5) is 50.1. The quantitative estimate of drug-likeness (QED) is 0.700. The molecule has 0 radical (unpaired) electrons. The Morgan fingerprint density at radius 3 is 2.57 bits per heavy atom. The van der Waals surface area contributed by atoms with Gasteiger partial charge in [0.15, 0.2) is 0 Å². The minimum absolute atomic E-state index is 0.182. The van der Waals surface area contributed by atoms with Crippen LogP contribution in [0.1, 0.15) is 39.0 Å². The average molecular weight is 290 g/mol. The molecule has 2 aliphatic carbocycles. The van der Waals surface area contributed by atoms with E-state index in [-0.39, 0.29) is 48.3 Å². The van der Waals surface area contributed by atoms with E-state index in [0.29, 0.717) is 0 Å². The number of rotatable bonds is 1. The van der Waals surface area contributed by atoms with Crippen LogP contribution in [0.2, 0.25) is 0 Å². The first-order chi connectivity index (χ1) is 9.94. The zero-order valence-corrected chi connectivity index (χ0v) is 11.9. The summed E-state index contributed by atoms with van der Waals surface area (Å²) in [5.41, 5.74) is -0.623. The summed E-state index contributed by atoms with van der Waals surface area (Å²) in [5.74, 6) is -0.930. The molecule has 4 rings (SSSR count). The predicted octanol–water partition coefficient (Wildman–Crippen LogP) is 0.213. The van der Waals surface area contributed by atoms with Crippen molar-refractivity contribution in [1.29, 1.82) is 0 Å². The van der Waals surface area contributed by atoms with Gasteiger partial charge in [0.05, 0.1) is 11.3 Å². The van der Waals surface area contributed by atoms with Gasteiger partial charge in [0.1, 0.15) is 6.04 Å². The van der Waals surface area contributed by atoms with E-state index < -0.39 is 17.4 Å². The Morgan fingerprint density at radius 2 is 1.90 bits per heavy atom. The van der Waals surface area contributed by atoms with Crippen molar-refractivity contribution in [2.45, 2.75) is 45.1 Å². The minimum atomic E-state index is -0.801. The Balaban J connectivity index is 1.69. The van der Waals surface area contributed by atoms with Crippen molar-refractivity contribution in [3.63, 3.8) is 0 Å². The maximum Gasteiger partial charge on any atom is 0.249 e. The topological polar surface area (TPSA) is 83.6 Å². The van der Waals surface area contributed by atoms with Gasteiger partial charge in [0, 0.05) is 6.42 Å². The fourth-order valence-electron chi connectivity index (χ4n) is 5.11. The first-order valence-corrected chi connectivity index (χ1v) is 7.65. The lowest BCUT2D eigenvalue weighted by molar-refractivity contribution is -0.153. The van der Waals surface area contributed by atoms with E-state index in [9.17, 15) is 19.2 Å². The largest absolute Gasteiger partial charge is 0.295 e. The number of nitrogens with one attached hydrogen (secondary N) is 1. The zero-order valence-electron chi connectivity index (χ0n) is 11.9. The summed E-state index contributed by atoms with van der Waals surface area (Å²) in [6.07, 6.45) is 3.40. The number of nitrogens with zero attached hydrogens (tertiary/aromatic N) is 1. The summed E-state index contributed by atoms with van der Waals surface area (Å²) in [6, 6.07) is -0.801. The molecule has 0 aromatic carbocycles. The van der Waals surface area contributed by atoms with Crippen LogP contribution >= 0.6 is 0 Å². The van der Waals surface area contributed by atoms with Crippen LogP contribution < -0.4 is 5.32 Å². The molecule has 2 aliphatic heterocycles. The fraction of sp³-hybridized carbons (Fsp3) is 0.733. The van der Waals surface area contributed by atoms with E-state index in [0.717, 1.165) is 19.3 Å². The van der Waals surface area contributed by atoms with Gasteiger partial charge < -0.3 is 0 Å². The number of hydrogen-bond donors (Lipinski definition) is 1. The molecule has 2 heterocycles. The van der Waals surface area contributed by atoms with Crippen molar-refractivity contribution in [1.82, 2.24) is 10.2 Å². The van der Waals surface area contributed by atoms with Crippen molar-refractivity contribution in [2.75, 3.05) is 0 Å². The van der Waals surface area contributed by atoms with Crippen LogP contribution in [-0.4, -0.2) is 34.6 Å². The normalized spacial score (nSPS) is 45.3. The summed E-state index contributed by atoms with van der Waals surface area (Å²) in [6.45, 7) is 1.90. The predicted molar refractivity (Wildman–Crippen MR) is 70.5 cm³/mol. The SMILES string of the molecule is C[C@@]12C(=O)N([C@@H]3CCC(=O)NC3=O)C(=O)[C@H]1[C@H]1CC[C@@H]2C1. The van der Waals surface area contributed by atoms with Crippen molar-refractivity contribution >= 4 is 23.6 Å². The van der Waals surface area contributed by atoms with Gasteiger partial charge in [-0.25, -0.2) is 0 Å². The lowest BCUT2D eigenvalue weighted by atomic mass is 9.69. The highest BCUT2D eigenvalue weighted by Gasteiger charge is 2.69. The lowest BCUT2D eigenvalue weighted by Gasteiger charge is -2.32. The third-order valence-corrected chi connectivity index (χ3v) is 6.14. The molecule has 2 saturated heterocycles. The number of carbonyl (C=O) groups excluding carboxylic acids is 4. The number of fused-ring (bicyclic) bond motifs is 5. The smallest absolute Gasteiger partial charge is 0.249 e. The van der Waals surface area contributed by atoms with E-state index in [1.165, 1.54) is 4.90 Å². The van der Waals surface area contributed by atoms with E-state index >= 15 is 0 Å². The molecule has 4 aliphatic rings. The van der Waals surface area contributed by atoms with Crippen molar-refractivity contribution < 1.29 is 19.2 Å². The highest BCUT2D eigenvalue weighted by Crippen LogP contribution is 2.63. The second-order valence-corrected chi connectivity index (χ2v) is 7.01. The minimum Gasteiger partial charge on any atom is -0.295 e. The molecule has 2 saturated carbocycles. The number of piperidine rings is 1. The van der Waals surface area contributed by atoms with Gasteiger partial charge in [-0.1, -0.05) is 0 Å². The molecule has 0 aromatic rings. The molecule has 0 unspecified atom stereocenters. The molecule has 6 heteroatoms. The number of carbonyl (C=O) groups is 4. The Kier molecular flexibility index (Phi) is 2.43. The Labute approximate surface area is 122 Å². The van der Waals surface area contributed by atoms with Crippen LogP contribution in [0.4, 0.5) is 0 Å². The number of amides is 4. The van der Waals surface area contributed by atoms with E-state index in [1.54, 1.807) is 0 Å². The molecular weight excluding hydrogens is 272 g/mol. The van der Waals surface area contributed by atoms with E-state index in [2.05, 4.69) is 5.32 Å². The maximum atomic E-state index is 12.9. The zero-order chi connectivity index (χ0) is 14.9. The van der Waals surface area contributed by atoms with Gasteiger partial charge in [-0.3, -0.25) is 29.4 Å². The molecule has 1 N–H and O–H groups in total. The first-order valence-electron chi connectivity index (χ1n) is 7.65. The van der Waals surface area contributed by atoms with Gasteiger partial charge in [-0.15, -0.1) is 0 Å². The molecule has 2 bridgehead atoms. The molecule has 5 atom stereocenters. The monoisotopic (exact) mass is 290 g/mol. The standard InChI is InChI=1S/C15H18N2O4/c1-15-8-3-2-7(6-8)11(15)13(20)17(14(15)21)9-4-5-10(18)16-12(9)19/h7-9,11H,2-6H2,1H3,(H,16,18,19)/t7-,8+,9+,11+,15-/m0/s1. The van der Waals surface area contributed by atoms with Crippen molar-refractivity contribution in [3.8, 4) is 0 Å². The van der Waals surface area contributed by atoms with Gasteiger partial charge in [-0.2, -0.15) is 0 Å². The second-order valence-electron chi connectivity index (χ2n) is 7.01. The van der Waals surface area contributed by atoms with Gasteiger partial charge >= 0.3 is 0 Å². The summed E-state index contributed by atoms with van der Waals surface area (Å²) >= 11 is 0. The molecule has 0 aromatic heterocycles. The number of hydrogen-bond acceptors (Lipinski definition) is 4. The van der Waals surface area contributed by atoms with E-state index in [4.69, 9.17) is 0 Å². The third-order valence-electron chi connectivity index (χ3n) is 6.14. The van der Waals surface area contributed by atoms with Gasteiger partial charge in [0.25, 0.3) is 0 Å². The highest BCUT2D eigenvalue weighted by molar-refractivity contribution is 6.12. The molecule has 21 heavy (non-hydrogen) atoms. The van der Waals surface area contributed by atoms with Crippen LogP contribution in [0.25, 0.3) is 0 Å². The molecule has 0 spiro atoms. The highest BCUT2D eigenvalue weighted by atomic mass is 16.2. The van der Waals surface area contributed by atoms with Crippen LogP contribution in [0.15, 0.2) is 0 Å². The number of imide groups is 2. The molecule has 112 valence electrons. The van der Waals surface area contributed by atoms with Crippen molar-refractivity contribution in [2.24, 2.45) is 23.2 Å². The first kappa shape index (κ1) is 13.0. The Morgan fingerprint density at radius 1 is 1.14 bits per heavy atom. The number of likely N-dealkylation sites (tertiary alicyclic amines) is 1. The summed E-state index contributed by atoms with van der Waals surface area (Å²) in [5, 5.41) is 2.24. The van der Waals surface area contributed by atoms with Crippen molar-refractivity contribution in [3.05, 3.63) is 0 Å². The van der Waals surface area contributed by atoms with Crippen LogP contribution in [-0.2, 0) is 19.2 Å². The van der Waals surface area contributed by atoms with Crippen LogP contribution in [0.3, 0.4) is 0 Å². The average Bonchev–Trinajstić information content (AvgIpc) is 3.05. The Bertz CT molecular complexity index is 586. The summed E-state index contributed by atoms with van der Waals surface area (Å²) < 4.78 is 0. The van der Waals surface area contributed by atoms with Crippen LogP contribution in [0.5, 0.6) is 0 Å². The van der Waals surface area contributed by atoms with Gasteiger partial charge in [-0.05, 0) is 44.4 Å². The van der Waals surface area contributed by atoms with Gasteiger partial charge in [0.2, 0.25) is 23.6 Å². The lowest BCUT2D eigenvalue weighted by Crippen LogP contribution is -2.55. The maximum absolute atomic E-state index is 12.9. The molecular formula is C15H18N2O4. The molecule has 4 fully saturated rings. The second kappa shape index (κ2) is 3.93. The Hall–Kier alpha value is -1.72.